The molecule has 1 aliphatic carbocycles. The van der Waals surface area contributed by atoms with Crippen LogP contribution in [0.4, 0.5) is 0 Å². The molecule has 4 nitrogen and oxygen atoms in total. The Morgan fingerprint density at radius 1 is 1.19 bits per heavy atom. The third-order valence-electron chi connectivity index (χ3n) is 4.00. The van der Waals surface area contributed by atoms with Crippen LogP contribution in [0, 0.1) is 5.92 Å². The van der Waals surface area contributed by atoms with Crippen LogP contribution in [0.25, 0.3) is 5.69 Å². The number of halogens is 1. The lowest BCUT2D eigenvalue weighted by Crippen LogP contribution is -2.33. The molecule has 0 radical (unpaired) electrons. The Bertz CT molecular complexity index is 578. The molecule has 5 heteroatoms. The number of aromatic nitrogens is 3. The van der Waals surface area contributed by atoms with E-state index < -0.39 is 0 Å². The zero-order valence-corrected chi connectivity index (χ0v) is 13.0. The van der Waals surface area contributed by atoms with Gasteiger partial charge in [0.2, 0.25) is 0 Å². The van der Waals surface area contributed by atoms with Crippen LogP contribution in [-0.4, -0.2) is 27.5 Å². The molecule has 1 aromatic carbocycles. The molecule has 0 spiro atoms. The number of alkyl halides is 1. The zero-order valence-electron chi connectivity index (χ0n) is 12.2. The maximum atomic E-state index is 6.00. The Kier molecular flexibility index (Phi) is 4.56. The molecule has 1 fully saturated rings. The van der Waals surface area contributed by atoms with Crippen molar-refractivity contribution in [3.8, 4) is 5.69 Å². The number of para-hydroxylation sites is 1. The van der Waals surface area contributed by atoms with Gasteiger partial charge in [-0.1, -0.05) is 18.2 Å². The summed E-state index contributed by atoms with van der Waals surface area (Å²) in [7, 11) is 0. The topological polar surface area (TPSA) is 39.9 Å². The summed E-state index contributed by atoms with van der Waals surface area (Å²) in [4.78, 5) is 0. The highest BCUT2D eigenvalue weighted by Gasteiger charge is 2.31. The monoisotopic (exact) mass is 305 g/mol. The van der Waals surface area contributed by atoms with E-state index in [0.29, 0.717) is 17.9 Å². The average Bonchev–Trinajstić information content (AvgIpc) is 2.89. The predicted octanol–water partition coefficient (Wildman–Crippen LogP) is 3.36. The molecule has 112 valence electrons. The van der Waals surface area contributed by atoms with Crippen molar-refractivity contribution >= 4 is 11.6 Å². The fourth-order valence-electron chi connectivity index (χ4n) is 2.92. The van der Waals surface area contributed by atoms with Gasteiger partial charge in [-0.2, -0.15) is 0 Å². The van der Waals surface area contributed by atoms with Crippen LogP contribution < -0.4 is 0 Å². The molecule has 1 aliphatic rings. The van der Waals surface area contributed by atoms with Crippen molar-refractivity contribution in [2.45, 2.75) is 38.2 Å². The van der Waals surface area contributed by atoms with E-state index in [1.54, 1.807) is 0 Å². The largest absolute Gasteiger partial charge is 0.378 e. The van der Waals surface area contributed by atoms with E-state index in [0.717, 1.165) is 43.2 Å². The van der Waals surface area contributed by atoms with Gasteiger partial charge in [-0.25, -0.2) is 0 Å². The van der Waals surface area contributed by atoms with Gasteiger partial charge in [-0.3, -0.25) is 4.57 Å². The van der Waals surface area contributed by atoms with Gasteiger partial charge in [-0.15, -0.1) is 21.8 Å². The summed E-state index contributed by atoms with van der Waals surface area (Å²) >= 11 is 6.00. The van der Waals surface area contributed by atoms with Gasteiger partial charge in [0.05, 0.1) is 12.0 Å². The molecule has 1 aromatic heterocycles. The van der Waals surface area contributed by atoms with E-state index in [2.05, 4.69) is 26.9 Å². The Balaban J connectivity index is 1.76. The SMILES string of the molecule is CCOC1CC(Cc2nnc(CCl)n2-c2ccccc2)C1. The molecule has 1 saturated carbocycles. The van der Waals surface area contributed by atoms with Crippen molar-refractivity contribution in [1.82, 2.24) is 14.8 Å². The number of hydrogen-bond donors (Lipinski definition) is 0. The Morgan fingerprint density at radius 2 is 1.90 bits per heavy atom. The second kappa shape index (κ2) is 6.58. The summed E-state index contributed by atoms with van der Waals surface area (Å²) in [5.74, 6) is 2.81. The van der Waals surface area contributed by atoms with E-state index in [4.69, 9.17) is 16.3 Å². The Morgan fingerprint density at radius 3 is 2.57 bits per heavy atom. The first kappa shape index (κ1) is 14.5. The van der Waals surface area contributed by atoms with Gasteiger partial charge >= 0.3 is 0 Å². The highest BCUT2D eigenvalue weighted by Crippen LogP contribution is 2.33. The second-order valence-corrected chi connectivity index (χ2v) is 5.72. The molecule has 2 aromatic rings. The molecule has 0 atom stereocenters. The highest BCUT2D eigenvalue weighted by molar-refractivity contribution is 6.16. The smallest absolute Gasteiger partial charge is 0.152 e. The van der Waals surface area contributed by atoms with Gasteiger partial charge in [0.15, 0.2) is 5.82 Å². The fraction of sp³-hybridized carbons (Fsp3) is 0.500. The van der Waals surface area contributed by atoms with Gasteiger partial charge in [0.25, 0.3) is 0 Å². The predicted molar refractivity (Wildman–Crippen MR) is 82.8 cm³/mol. The molecule has 0 N–H and O–H groups in total. The lowest BCUT2D eigenvalue weighted by molar-refractivity contribution is -0.0246. The summed E-state index contributed by atoms with van der Waals surface area (Å²) < 4.78 is 7.71. The third kappa shape index (κ3) is 3.11. The zero-order chi connectivity index (χ0) is 14.7. The molecular weight excluding hydrogens is 286 g/mol. The number of ether oxygens (including phenoxy) is 1. The lowest BCUT2D eigenvalue weighted by Gasteiger charge is -2.34. The number of hydrogen-bond acceptors (Lipinski definition) is 3. The van der Waals surface area contributed by atoms with E-state index >= 15 is 0 Å². The molecule has 0 amide bonds. The molecule has 0 saturated heterocycles. The van der Waals surface area contributed by atoms with E-state index in [1.807, 2.05) is 25.1 Å². The fourth-order valence-corrected chi connectivity index (χ4v) is 3.09. The minimum atomic E-state index is 0.369. The quantitative estimate of drug-likeness (QED) is 0.768. The van der Waals surface area contributed by atoms with Crippen LogP contribution in [0.2, 0.25) is 0 Å². The van der Waals surface area contributed by atoms with Gasteiger partial charge in [-0.05, 0) is 37.8 Å². The van der Waals surface area contributed by atoms with Crippen molar-refractivity contribution in [2.75, 3.05) is 6.61 Å². The standard InChI is InChI=1S/C16H20ClN3O/c1-2-21-14-8-12(9-14)10-15-18-19-16(11-17)20(15)13-6-4-3-5-7-13/h3-7,12,14H,2,8-11H2,1H3. The van der Waals surface area contributed by atoms with Gasteiger partial charge in [0.1, 0.15) is 5.82 Å². The lowest BCUT2D eigenvalue weighted by atomic mass is 9.80. The van der Waals surface area contributed by atoms with E-state index in [9.17, 15) is 0 Å². The summed E-state index contributed by atoms with van der Waals surface area (Å²) in [5, 5.41) is 8.57. The molecule has 0 aliphatic heterocycles. The third-order valence-corrected chi connectivity index (χ3v) is 4.24. The Hall–Kier alpha value is -1.39. The number of rotatable bonds is 6. The van der Waals surface area contributed by atoms with Crippen molar-refractivity contribution in [3.05, 3.63) is 42.0 Å². The first-order valence-corrected chi connectivity index (χ1v) is 8.01. The van der Waals surface area contributed by atoms with Crippen LogP contribution in [0.1, 0.15) is 31.4 Å². The maximum Gasteiger partial charge on any atom is 0.152 e. The van der Waals surface area contributed by atoms with Crippen LogP contribution in [-0.2, 0) is 17.0 Å². The summed E-state index contributed by atoms with van der Waals surface area (Å²) in [6.45, 7) is 2.85. The van der Waals surface area contributed by atoms with Gasteiger partial charge < -0.3 is 4.74 Å². The molecule has 0 bridgehead atoms. The normalized spacial score (nSPS) is 21.2. The Labute approximate surface area is 130 Å². The van der Waals surface area contributed by atoms with Crippen LogP contribution in [0.3, 0.4) is 0 Å². The first-order valence-electron chi connectivity index (χ1n) is 7.48. The van der Waals surface area contributed by atoms with Crippen LogP contribution in [0.15, 0.2) is 30.3 Å². The minimum Gasteiger partial charge on any atom is -0.378 e. The van der Waals surface area contributed by atoms with Crippen molar-refractivity contribution in [3.63, 3.8) is 0 Å². The summed E-state index contributed by atoms with van der Waals surface area (Å²) in [5.41, 5.74) is 1.08. The average molecular weight is 306 g/mol. The van der Waals surface area contributed by atoms with Crippen molar-refractivity contribution in [1.29, 1.82) is 0 Å². The molecule has 21 heavy (non-hydrogen) atoms. The van der Waals surface area contributed by atoms with Crippen molar-refractivity contribution in [2.24, 2.45) is 5.92 Å². The summed E-state index contributed by atoms with van der Waals surface area (Å²) in [6.07, 6.45) is 3.60. The highest BCUT2D eigenvalue weighted by atomic mass is 35.5. The second-order valence-electron chi connectivity index (χ2n) is 5.46. The van der Waals surface area contributed by atoms with Crippen LogP contribution >= 0.6 is 11.6 Å². The molecule has 1 heterocycles. The maximum absolute atomic E-state index is 6.00. The van der Waals surface area contributed by atoms with Crippen LogP contribution in [0.5, 0.6) is 0 Å². The van der Waals surface area contributed by atoms with Gasteiger partial charge in [0, 0.05) is 18.7 Å². The van der Waals surface area contributed by atoms with E-state index in [1.165, 1.54) is 0 Å². The van der Waals surface area contributed by atoms with Crippen molar-refractivity contribution < 1.29 is 4.74 Å². The molecular formula is C16H20ClN3O. The summed E-state index contributed by atoms with van der Waals surface area (Å²) in [6, 6.07) is 10.2. The minimum absolute atomic E-state index is 0.369. The molecule has 3 rings (SSSR count). The molecule has 0 unspecified atom stereocenters. The number of benzene rings is 1. The first-order chi connectivity index (χ1) is 10.3. The number of nitrogens with zero attached hydrogens (tertiary/aromatic N) is 3. The van der Waals surface area contributed by atoms with E-state index in [-0.39, 0.29) is 0 Å².